The van der Waals surface area contributed by atoms with Gasteiger partial charge >= 0.3 is 0 Å². The van der Waals surface area contributed by atoms with Crippen LogP contribution in [0.4, 0.5) is 4.39 Å². The second-order valence-electron chi connectivity index (χ2n) is 7.48. The summed E-state index contributed by atoms with van der Waals surface area (Å²) in [5.74, 6) is -0.652. The van der Waals surface area contributed by atoms with Crippen molar-refractivity contribution in [2.75, 3.05) is 6.54 Å². The third kappa shape index (κ3) is 6.61. The van der Waals surface area contributed by atoms with Crippen molar-refractivity contribution >= 4 is 27.1 Å². The van der Waals surface area contributed by atoms with E-state index in [0.29, 0.717) is 23.0 Å². The minimum Gasteiger partial charge on any atom is -0.486 e. The monoisotopic (exact) mass is 476 g/mol. The van der Waals surface area contributed by atoms with E-state index in [1.807, 2.05) is 37.3 Å². The van der Waals surface area contributed by atoms with Gasteiger partial charge in [-0.1, -0.05) is 37.3 Å². The first-order valence-corrected chi connectivity index (χ1v) is 12.7. The number of sulfone groups is 1. The molecule has 1 aromatic heterocycles. The van der Waals surface area contributed by atoms with Crippen LogP contribution in [0.2, 0.25) is 0 Å². The van der Waals surface area contributed by atoms with Gasteiger partial charge in [0.25, 0.3) is 0 Å². The molecule has 1 heterocycles. The third-order valence-electron chi connectivity index (χ3n) is 4.98. The van der Waals surface area contributed by atoms with Crippen LogP contribution in [0.1, 0.15) is 36.0 Å². The zero-order valence-corrected chi connectivity index (χ0v) is 19.5. The van der Waals surface area contributed by atoms with Crippen molar-refractivity contribution in [3.63, 3.8) is 0 Å². The fourth-order valence-electron chi connectivity index (χ4n) is 2.95. The topological polar surface area (TPSA) is 85.4 Å². The molecule has 0 radical (unpaired) electrons. The Balaban J connectivity index is 1.52. The second kappa shape index (κ2) is 10.7. The highest BCUT2D eigenvalue weighted by atomic mass is 32.2. The molecule has 6 nitrogen and oxygen atoms in total. The second-order valence-corrected chi connectivity index (χ2v) is 10.7. The average Bonchev–Trinajstić information content (AvgIpc) is 3.23. The normalized spacial score (nSPS) is 13.3. The number of rotatable bonds is 10. The van der Waals surface area contributed by atoms with Crippen LogP contribution in [0.3, 0.4) is 0 Å². The van der Waals surface area contributed by atoms with Gasteiger partial charge in [0.1, 0.15) is 28.4 Å². The molecule has 2 unspecified atom stereocenters. The van der Waals surface area contributed by atoms with Crippen molar-refractivity contribution in [1.82, 2.24) is 10.3 Å². The summed E-state index contributed by atoms with van der Waals surface area (Å²) in [7, 11) is -3.73. The van der Waals surface area contributed by atoms with E-state index in [2.05, 4.69) is 10.3 Å². The molecule has 1 amide bonds. The largest absolute Gasteiger partial charge is 0.486 e. The summed E-state index contributed by atoms with van der Waals surface area (Å²) in [4.78, 5) is 16.7. The van der Waals surface area contributed by atoms with E-state index in [9.17, 15) is 17.6 Å². The zero-order valence-electron chi connectivity index (χ0n) is 17.8. The molecule has 0 aliphatic carbocycles. The summed E-state index contributed by atoms with van der Waals surface area (Å²) in [6, 6.07) is 15.3. The first-order valence-electron chi connectivity index (χ1n) is 10.1. The van der Waals surface area contributed by atoms with Gasteiger partial charge < -0.3 is 10.1 Å². The number of aromatic nitrogens is 1. The summed E-state index contributed by atoms with van der Waals surface area (Å²) >= 11 is 1.27. The summed E-state index contributed by atoms with van der Waals surface area (Å²) in [5.41, 5.74) is 1.44. The molecule has 0 bridgehead atoms. The maximum atomic E-state index is 12.9. The molecule has 9 heteroatoms. The van der Waals surface area contributed by atoms with Crippen molar-refractivity contribution < 1.29 is 22.3 Å². The van der Waals surface area contributed by atoms with Gasteiger partial charge in [-0.3, -0.25) is 4.79 Å². The number of nitrogens with zero attached hydrogens (tertiary/aromatic N) is 1. The standard InChI is InChI=1S/C23H25FN2O4S2/c1-16(18-6-4-3-5-7-18)12-25-23(27)17(2)32(28,29)15-20-14-31-22(26-20)13-30-21-10-8-19(24)9-11-21/h3-11,14,16-17H,12-13,15H2,1-2H3,(H,25,27). The Hall–Kier alpha value is -2.78. The molecule has 0 fully saturated rings. The SMILES string of the molecule is CC(CNC(=O)C(C)S(=O)(=O)Cc1csc(COc2ccc(F)cc2)n1)c1ccccc1. The molecule has 0 saturated heterocycles. The fraction of sp³-hybridized carbons (Fsp3) is 0.304. The molecule has 170 valence electrons. The number of carbonyl (C=O) groups is 1. The molecule has 0 aliphatic heterocycles. The van der Waals surface area contributed by atoms with Gasteiger partial charge in [0.2, 0.25) is 5.91 Å². The van der Waals surface area contributed by atoms with Gasteiger partial charge in [0, 0.05) is 11.9 Å². The maximum Gasteiger partial charge on any atom is 0.238 e. The van der Waals surface area contributed by atoms with Crippen LogP contribution in [0, 0.1) is 5.82 Å². The van der Waals surface area contributed by atoms with Crippen LogP contribution in [0.25, 0.3) is 0 Å². The first kappa shape index (κ1) is 23.9. The van der Waals surface area contributed by atoms with Gasteiger partial charge in [-0.05, 0) is 42.7 Å². The summed E-state index contributed by atoms with van der Waals surface area (Å²) in [6.07, 6.45) is 0. The van der Waals surface area contributed by atoms with Crippen molar-refractivity contribution in [1.29, 1.82) is 0 Å². The number of benzene rings is 2. The molecule has 0 spiro atoms. The van der Waals surface area contributed by atoms with Gasteiger partial charge in [-0.15, -0.1) is 11.3 Å². The number of hydrogen-bond donors (Lipinski definition) is 1. The molecule has 32 heavy (non-hydrogen) atoms. The van der Waals surface area contributed by atoms with Crippen LogP contribution < -0.4 is 10.1 Å². The third-order valence-corrected chi connectivity index (χ3v) is 7.84. The predicted molar refractivity (Wildman–Crippen MR) is 123 cm³/mol. The van der Waals surface area contributed by atoms with Crippen molar-refractivity contribution in [2.24, 2.45) is 0 Å². The lowest BCUT2D eigenvalue weighted by molar-refractivity contribution is -0.120. The van der Waals surface area contributed by atoms with E-state index in [0.717, 1.165) is 5.56 Å². The highest BCUT2D eigenvalue weighted by Gasteiger charge is 2.29. The van der Waals surface area contributed by atoms with Crippen LogP contribution in [0.5, 0.6) is 5.75 Å². The van der Waals surface area contributed by atoms with E-state index in [1.54, 1.807) is 5.38 Å². The molecule has 2 atom stereocenters. The van der Waals surface area contributed by atoms with Gasteiger partial charge in [-0.25, -0.2) is 17.8 Å². The minimum absolute atomic E-state index is 0.0669. The molecule has 0 aliphatic rings. The Kier molecular flexibility index (Phi) is 7.98. The number of carbonyl (C=O) groups excluding carboxylic acids is 1. The van der Waals surface area contributed by atoms with Gasteiger partial charge in [0.15, 0.2) is 9.84 Å². The molecular weight excluding hydrogens is 451 g/mol. The van der Waals surface area contributed by atoms with Crippen molar-refractivity contribution in [3.8, 4) is 5.75 Å². The minimum atomic E-state index is -3.73. The lowest BCUT2D eigenvalue weighted by atomic mass is 10.0. The van der Waals surface area contributed by atoms with E-state index in [-0.39, 0.29) is 24.1 Å². The lowest BCUT2D eigenvalue weighted by Crippen LogP contribution is -2.40. The van der Waals surface area contributed by atoms with E-state index < -0.39 is 21.0 Å². The molecule has 1 N–H and O–H groups in total. The smallest absolute Gasteiger partial charge is 0.238 e. The number of amides is 1. The highest BCUT2D eigenvalue weighted by molar-refractivity contribution is 7.92. The molecule has 2 aromatic carbocycles. The summed E-state index contributed by atoms with van der Waals surface area (Å²) in [5, 5.41) is 3.78. The number of halogens is 1. The number of nitrogens with one attached hydrogen (secondary N) is 1. The maximum absolute atomic E-state index is 12.9. The Bertz CT molecular complexity index is 1130. The quantitative estimate of drug-likeness (QED) is 0.477. The Morgan fingerprint density at radius 3 is 2.50 bits per heavy atom. The van der Waals surface area contributed by atoms with Gasteiger partial charge in [0.05, 0.1) is 11.4 Å². The molecule has 3 rings (SSSR count). The number of thiazole rings is 1. The van der Waals surface area contributed by atoms with Crippen LogP contribution in [-0.2, 0) is 27.0 Å². The molecule has 0 saturated carbocycles. The van der Waals surface area contributed by atoms with Crippen molar-refractivity contribution in [3.05, 3.63) is 82.1 Å². The van der Waals surface area contributed by atoms with E-state index in [1.165, 1.54) is 42.5 Å². The summed E-state index contributed by atoms with van der Waals surface area (Å²) in [6.45, 7) is 3.86. The van der Waals surface area contributed by atoms with E-state index in [4.69, 9.17) is 4.74 Å². The van der Waals surface area contributed by atoms with Gasteiger partial charge in [-0.2, -0.15) is 0 Å². The molecule has 3 aromatic rings. The summed E-state index contributed by atoms with van der Waals surface area (Å²) < 4.78 is 43.9. The molecular formula is C23H25FN2O4S2. The van der Waals surface area contributed by atoms with Crippen molar-refractivity contribution in [2.45, 2.75) is 37.4 Å². The van der Waals surface area contributed by atoms with Crippen LogP contribution >= 0.6 is 11.3 Å². The number of hydrogen-bond acceptors (Lipinski definition) is 6. The fourth-order valence-corrected chi connectivity index (χ4v) is 4.98. The predicted octanol–water partition coefficient (Wildman–Crippen LogP) is 4.08. The Labute approximate surface area is 191 Å². The van der Waals surface area contributed by atoms with Crippen LogP contribution in [0.15, 0.2) is 60.0 Å². The van der Waals surface area contributed by atoms with Crippen LogP contribution in [-0.4, -0.2) is 31.1 Å². The average molecular weight is 477 g/mol. The Morgan fingerprint density at radius 1 is 1.12 bits per heavy atom. The Morgan fingerprint density at radius 2 is 1.81 bits per heavy atom. The first-order chi connectivity index (χ1) is 15.2. The number of ether oxygens (including phenoxy) is 1. The zero-order chi connectivity index (χ0) is 23.1. The highest BCUT2D eigenvalue weighted by Crippen LogP contribution is 2.19. The van der Waals surface area contributed by atoms with E-state index >= 15 is 0 Å². The lowest BCUT2D eigenvalue weighted by Gasteiger charge is -2.16.